The second kappa shape index (κ2) is 9.70. The maximum Gasteiger partial charge on any atom is 0.224 e. The molecular formula is C23H32N2O. The minimum Gasteiger partial charge on any atom is -0.325 e. The molecule has 0 unspecified atom stereocenters. The summed E-state index contributed by atoms with van der Waals surface area (Å²) in [6.45, 7) is 2.24. The summed E-state index contributed by atoms with van der Waals surface area (Å²) in [6, 6.07) is 8.19. The van der Waals surface area contributed by atoms with Crippen LogP contribution < -0.4 is 5.32 Å². The zero-order chi connectivity index (χ0) is 18.2. The second-order valence-electron chi connectivity index (χ2n) is 7.56. The SMILES string of the molecule is CCCCCCCCCC(=O)Nc1c2c(nc3ccccc13)CCCC2. The molecule has 3 heteroatoms. The molecule has 0 bridgehead atoms. The van der Waals surface area contributed by atoms with Crippen molar-refractivity contribution in [2.24, 2.45) is 0 Å². The minimum absolute atomic E-state index is 0.155. The normalized spacial score (nSPS) is 13.6. The predicted octanol–water partition coefficient (Wildman–Crippen LogP) is 6.19. The molecule has 0 saturated heterocycles. The number of nitrogens with one attached hydrogen (secondary N) is 1. The van der Waals surface area contributed by atoms with E-state index in [2.05, 4.69) is 24.4 Å². The first-order chi connectivity index (χ1) is 12.8. The third kappa shape index (κ3) is 4.84. The van der Waals surface area contributed by atoms with Crippen molar-refractivity contribution in [2.75, 3.05) is 5.32 Å². The summed E-state index contributed by atoms with van der Waals surface area (Å²) in [5, 5.41) is 4.33. The number of unbranched alkanes of at least 4 members (excludes halogenated alkanes) is 6. The summed E-state index contributed by atoms with van der Waals surface area (Å²) < 4.78 is 0. The van der Waals surface area contributed by atoms with Crippen molar-refractivity contribution < 1.29 is 4.79 Å². The van der Waals surface area contributed by atoms with Gasteiger partial charge in [0.1, 0.15) is 0 Å². The number of carbonyl (C=O) groups excluding carboxylic acids is 1. The highest BCUT2D eigenvalue weighted by Crippen LogP contribution is 2.33. The van der Waals surface area contributed by atoms with Crippen LogP contribution in [-0.2, 0) is 17.6 Å². The highest BCUT2D eigenvalue weighted by atomic mass is 16.1. The fourth-order valence-electron chi connectivity index (χ4n) is 3.96. The molecule has 0 radical (unpaired) electrons. The summed E-state index contributed by atoms with van der Waals surface area (Å²) in [5.74, 6) is 0.155. The van der Waals surface area contributed by atoms with Crippen LogP contribution in [0.15, 0.2) is 24.3 Å². The van der Waals surface area contributed by atoms with Crippen LogP contribution in [0.2, 0.25) is 0 Å². The molecule has 1 aromatic carbocycles. The molecule has 0 saturated carbocycles. The molecule has 0 atom stereocenters. The standard InChI is InChI=1S/C23H32N2O/c1-2-3-4-5-6-7-8-17-22(26)25-23-18-13-9-11-15-20(18)24-21-16-12-10-14-19(21)23/h9,11,13,15H,2-8,10,12,14,16-17H2,1H3,(H,24,25,26). The van der Waals surface area contributed by atoms with Crippen LogP contribution in [0, 0.1) is 0 Å². The zero-order valence-electron chi connectivity index (χ0n) is 16.2. The lowest BCUT2D eigenvalue weighted by Crippen LogP contribution is -2.16. The van der Waals surface area contributed by atoms with Crippen molar-refractivity contribution in [3.05, 3.63) is 35.5 Å². The Balaban J connectivity index is 1.62. The Bertz CT molecular complexity index is 738. The predicted molar refractivity (Wildman–Crippen MR) is 110 cm³/mol. The molecule has 0 aliphatic heterocycles. The van der Waals surface area contributed by atoms with Gasteiger partial charge in [0.25, 0.3) is 0 Å². The first-order valence-corrected chi connectivity index (χ1v) is 10.5. The van der Waals surface area contributed by atoms with Gasteiger partial charge < -0.3 is 5.32 Å². The van der Waals surface area contributed by atoms with Gasteiger partial charge in [-0.3, -0.25) is 9.78 Å². The lowest BCUT2D eigenvalue weighted by atomic mass is 9.92. The smallest absolute Gasteiger partial charge is 0.224 e. The molecule has 2 aromatic rings. The molecule has 3 rings (SSSR count). The van der Waals surface area contributed by atoms with E-state index in [9.17, 15) is 4.79 Å². The van der Waals surface area contributed by atoms with Gasteiger partial charge in [0, 0.05) is 17.5 Å². The molecule has 1 heterocycles. The van der Waals surface area contributed by atoms with Crippen molar-refractivity contribution >= 4 is 22.5 Å². The summed E-state index contributed by atoms with van der Waals surface area (Å²) in [5.41, 5.74) is 4.47. The van der Waals surface area contributed by atoms with Gasteiger partial charge in [0.2, 0.25) is 5.91 Å². The number of carbonyl (C=O) groups is 1. The number of para-hydroxylation sites is 1. The van der Waals surface area contributed by atoms with Gasteiger partial charge >= 0.3 is 0 Å². The van der Waals surface area contributed by atoms with E-state index in [1.165, 1.54) is 56.2 Å². The number of aromatic nitrogens is 1. The summed E-state index contributed by atoms with van der Waals surface area (Å²) in [6.07, 6.45) is 13.7. The number of benzene rings is 1. The van der Waals surface area contributed by atoms with Gasteiger partial charge in [-0.1, -0.05) is 63.6 Å². The van der Waals surface area contributed by atoms with Gasteiger partial charge in [0.05, 0.1) is 11.2 Å². The number of pyridine rings is 1. The van der Waals surface area contributed by atoms with Crippen LogP contribution in [-0.4, -0.2) is 10.9 Å². The van der Waals surface area contributed by atoms with E-state index in [4.69, 9.17) is 4.98 Å². The van der Waals surface area contributed by atoms with E-state index < -0.39 is 0 Å². The Kier molecular flexibility index (Phi) is 7.04. The number of hydrogen-bond acceptors (Lipinski definition) is 2. The van der Waals surface area contributed by atoms with Gasteiger partial charge in [-0.05, 0) is 43.7 Å². The highest BCUT2D eigenvalue weighted by Gasteiger charge is 2.19. The molecule has 1 amide bonds. The molecule has 1 aromatic heterocycles. The molecule has 3 nitrogen and oxygen atoms in total. The van der Waals surface area contributed by atoms with Crippen molar-refractivity contribution in [1.29, 1.82) is 0 Å². The molecule has 1 N–H and O–H groups in total. The first kappa shape index (κ1) is 18.9. The Hall–Kier alpha value is -1.90. The Morgan fingerprint density at radius 1 is 1.00 bits per heavy atom. The summed E-state index contributed by atoms with van der Waals surface area (Å²) in [7, 11) is 0. The zero-order valence-corrected chi connectivity index (χ0v) is 16.2. The number of anilines is 1. The Morgan fingerprint density at radius 2 is 1.73 bits per heavy atom. The van der Waals surface area contributed by atoms with E-state index in [1.807, 2.05) is 12.1 Å². The van der Waals surface area contributed by atoms with Crippen molar-refractivity contribution in [1.82, 2.24) is 4.98 Å². The third-order valence-electron chi connectivity index (χ3n) is 5.44. The number of hydrogen-bond donors (Lipinski definition) is 1. The largest absolute Gasteiger partial charge is 0.325 e. The van der Waals surface area contributed by atoms with E-state index >= 15 is 0 Å². The van der Waals surface area contributed by atoms with Crippen molar-refractivity contribution in [3.8, 4) is 0 Å². The molecule has 140 valence electrons. The number of amides is 1. The highest BCUT2D eigenvalue weighted by molar-refractivity contribution is 6.02. The van der Waals surface area contributed by atoms with E-state index in [-0.39, 0.29) is 5.91 Å². The average Bonchev–Trinajstić information content (AvgIpc) is 2.67. The van der Waals surface area contributed by atoms with E-state index in [1.54, 1.807) is 0 Å². The van der Waals surface area contributed by atoms with Crippen LogP contribution >= 0.6 is 0 Å². The maximum absolute atomic E-state index is 12.5. The monoisotopic (exact) mass is 352 g/mol. The van der Waals surface area contributed by atoms with Gasteiger partial charge in [-0.25, -0.2) is 0 Å². The van der Waals surface area contributed by atoms with E-state index in [0.29, 0.717) is 6.42 Å². The van der Waals surface area contributed by atoms with Crippen LogP contribution in [0.3, 0.4) is 0 Å². The summed E-state index contributed by atoms with van der Waals surface area (Å²) >= 11 is 0. The van der Waals surface area contributed by atoms with Crippen LogP contribution in [0.4, 0.5) is 5.69 Å². The maximum atomic E-state index is 12.5. The van der Waals surface area contributed by atoms with Crippen LogP contribution in [0.5, 0.6) is 0 Å². The second-order valence-corrected chi connectivity index (χ2v) is 7.56. The number of aryl methyl sites for hydroxylation is 1. The molecule has 1 aliphatic carbocycles. The molecule has 0 spiro atoms. The van der Waals surface area contributed by atoms with E-state index in [0.717, 1.165) is 42.3 Å². The fourth-order valence-corrected chi connectivity index (χ4v) is 3.96. The lowest BCUT2D eigenvalue weighted by Gasteiger charge is -2.21. The molecule has 1 aliphatic rings. The minimum atomic E-state index is 0.155. The molecule has 26 heavy (non-hydrogen) atoms. The lowest BCUT2D eigenvalue weighted by molar-refractivity contribution is -0.116. The third-order valence-corrected chi connectivity index (χ3v) is 5.44. The average molecular weight is 353 g/mol. The van der Waals surface area contributed by atoms with Gasteiger partial charge in [-0.15, -0.1) is 0 Å². The van der Waals surface area contributed by atoms with Gasteiger partial charge in [0.15, 0.2) is 0 Å². The fraction of sp³-hybridized carbons (Fsp3) is 0.565. The number of nitrogens with zero attached hydrogens (tertiary/aromatic N) is 1. The number of fused-ring (bicyclic) bond motifs is 2. The van der Waals surface area contributed by atoms with Crippen LogP contribution in [0.1, 0.15) is 82.4 Å². The van der Waals surface area contributed by atoms with Crippen molar-refractivity contribution in [2.45, 2.75) is 84.0 Å². The topological polar surface area (TPSA) is 42.0 Å². The van der Waals surface area contributed by atoms with Gasteiger partial charge in [-0.2, -0.15) is 0 Å². The quantitative estimate of drug-likeness (QED) is 0.546. The van der Waals surface area contributed by atoms with Crippen molar-refractivity contribution in [3.63, 3.8) is 0 Å². The molecule has 0 fully saturated rings. The molecular weight excluding hydrogens is 320 g/mol. The van der Waals surface area contributed by atoms with Crippen LogP contribution in [0.25, 0.3) is 10.9 Å². The Morgan fingerprint density at radius 3 is 2.58 bits per heavy atom. The first-order valence-electron chi connectivity index (χ1n) is 10.5. The Labute approximate surface area is 157 Å². The number of rotatable bonds is 9. The summed E-state index contributed by atoms with van der Waals surface area (Å²) in [4.78, 5) is 17.4.